The molecule has 2 N–H and O–H groups in total. The van der Waals surface area contributed by atoms with Crippen LogP contribution in [0.25, 0.3) is 0 Å². The van der Waals surface area contributed by atoms with Gasteiger partial charge in [-0.05, 0) is 31.0 Å². The van der Waals surface area contributed by atoms with Gasteiger partial charge in [-0.3, -0.25) is 4.79 Å². The van der Waals surface area contributed by atoms with Gasteiger partial charge in [-0.15, -0.1) is 0 Å². The summed E-state index contributed by atoms with van der Waals surface area (Å²) in [5.74, 6) is 0.168. The van der Waals surface area contributed by atoms with Gasteiger partial charge in [0, 0.05) is 38.3 Å². The van der Waals surface area contributed by atoms with Crippen molar-refractivity contribution in [1.82, 2.24) is 10.2 Å². The summed E-state index contributed by atoms with van der Waals surface area (Å²) in [5.41, 5.74) is 1.72. The molecule has 0 radical (unpaired) electrons. The molecule has 120 valence electrons. The third-order valence-electron chi connectivity index (χ3n) is 3.54. The van der Waals surface area contributed by atoms with Gasteiger partial charge in [-0.2, -0.15) is 0 Å². The van der Waals surface area contributed by atoms with Gasteiger partial charge in [0.05, 0.1) is 6.61 Å². The van der Waals surface area contributed by atoms with Crippen LogP contribution >= 0.6 is 0 Å². The van der Waals surface area contributed by atoms with E-state index in [1.165, 1.54) is 0 Å². The van der Waals surface area contributed by atoms with Crippen molar-refractivity contribution < 1.29 is 14.3 Å². The third-order valence-corrected chi connectivity index (χ3v) is 3.54. The lowest BCUT2D eigenvalue weighted by atomic mass is 10.2. The molecule has 1 aromatic carbocycles. The van der Waals surface area contributed by atoms with Crippen LogP contribution in [0.1, 0.15) is 25.3 Å². The Labute approximate surface area is 130 Å². The number of amides is 3. The fraction of sp³-hybridized carbons (Fsp3) is 0.500. The van der Waals surface area contributed by atoms with Crippen LogP contribution in [0.15, 0.2) is 24.3 Å². The minimum atomic E-state index is -0.270. The highest BCUT2D eigenvalue weighted by Gasteiger charge is 2.22. The van der Waals surface area contributed by atoms with Crippen molar-refractivity contribution in [3.8, 4) is 0 Å². The number of carbonyl (C=O) groups excluding carboxylic acids is 2. The summed E-state index contributed by atoms with van der Waals surface area (Å²) in [6.45, 7) is 3.73. The minimum absolute atomic E-state index is 0.0933. The molecule has 3 amide bonds. The predicted molar refractivity (Wildman–Crippen MR) is 84.6 cm³/mol. The van der Waals surface area contributed by atoms with Crippen molar-refractivity contribution in [2.75, 3.05) is 25.5 Å². The lowest BCUT2D eigenvalue weighted by Crippen LogP contribution is -2.44. The van der Waals surface area contributed by atoms with Gasteiger partial charge in [0.1, 0.15) is 0 Å². The Kier molecular flexibility index (Phi) is 5.77. The zero-order chi connectivity index (χ0) is 15.9. The van der Waals surface area contributed by atoms with E-state index in [-0.39, 0.29) is 18.0 Å². The van der Waals surface area contributed by atoms with Crippen LogP contribution in [0.3, 0.4) is 0 Å². The number of nitrogens with zero attached hydrogens (tertiary/aromatic N) is 1. The van der Waals surface area contributed by atoms with Crippen molar-refractivity contribution in [2.45, 2.75) is 32.4 Å². The largest absolute Gasteiger partial charge is 0.380 e. The molecule has 0 spiro atoms. The summed E-state index contributed by atoms with van der Waals surface area (Å²) in [4.78, 5) is 25.4. The zero-order valence-electron chi connectivity index (χ0n) is 13.1. The molecule has 0 aromatic heterocycles. The predicted octanol–water partition coefficient (Wildman–Crippen LogP) is 1.97. The average Bonchev–Trinajstić information content (AvgIpc) is 2.84. The number of urea groups is 1. The summed E-state index contributed by atoms with van der Waals surface area (Å²) < 4.78 is 5.07. The van der Waals surface area contributed by atoms with E-state index in [4.69, 9.17) is 4.74 Å². The maximum atomic E-state index is 12.0. The fourth-order valence-corrected chi connectivity index (χ4v) is 2.57. The van der Waals surface area contributed by atoms with E-state index in [1.807, 2.05) is 31.2 Å². The molecule has 0 bridgehead atoms. The summed E-state index contributed by atoms with van der Waals surface area (Å²) in [7, 11) is 1.63. The molecule has 1 atom stereocenters. The number of hydrogen-bond acceptors (Lipinski definition) is 3. The van der Waals surface area contributed by atoms with E-state index in [1.54, 1.807) is 12.0 Å². The molecule has 1 heterocycles. The summed E-state index contributed by atoms with van der Waals surface area (Å²) in [6, 6.07) is 7.15. The molecule has 1 saturated heterocycles. The first-order valence-corrected chi connectivity index (χ1v) is 7.51. The highest BCUT2D eigenvalue weighted by Crippen LogP contribution is 2.12. The van der Waals surface area contributed by atoms with E-state index in [2.05, 4.69) is 10.6 Å². The van der Waals surface area contributed by atoms with Crippen molar-refractivity contribution in [3.63, 3.8) is 0 Å². The highest BCUT2D eigenvalue weighted by atomic mass is 16.5. The normalized spacial score (nSPS) is 15.7. The molecule has 2 rings (SSSR count). The molecular weight excluding hydrogens is 282 g/mol. The standard InChI is InChI=1S/C16H23N3O3/c1-12(10-19-8-4-7-15(19)20)17-16(21)18-14-6-3-5-13(9-14)11-22-2/h3,5-6,9,12H,4,7-8,10-11H2,1-2H3,(H2,17,18,21)/t12-/m0/s1. The molecule has 0 saturated carbocycles. The first-order valence-electron chi connectivity index (χ1n) is 7.51. The summed E-state index contributed by atoms with van der Waals surface area (Å²) in [6.07, 6.45) is 1.52. The second-order valence-electron chi connectivity index (χ2n) is 5.58. The highest BCUT2D eigenvalue weighted by molar-refractivity contribution is 5.89. The Morgan fingerprint density at radius 3 is 2.95 bits per heavy atom. The Bertz CT molecular complexity index is 533. The number of ether oxygens (including phenoxy) is 1. The molecule has 1 aliphatic heterocycles. The average molecular weight is 305 g/mol. The maximum Gasteiger partial charge on any atom is 0.319 e. The Morgan fingerprint density at radius 1 is 1.45 bits per heavy atom. The molecule has 6 heteroatoms. The zero-order valence-corrected chi connectivity index (χ0v) is 13.1. The van der Waals surface area contributed by atoms with E-state index in [9.17, 15) is 9.59 Å². The number of nitrogens with one attached hydrogen (secondary N) is 2. The van der Waals surface area contributed by atoms with Crippen LogP contribution in [0.4, 0.5) is 10.5 Å². The molecule has 6 nitrogen and oxygen atoms in total. The van der Waals surface area contributed by atoms with Crippen LogP contribution in [0.5, 0.6) is 0 Å². The molecule has 0 unspecified atom stereocenters. The molecule has 1 aromatic rings. The van der Waals surface area contributed by atoms with Gasteiger partial charge in [0.2, 0.25) is 5.91 Å². The van der Waals surface area contributed by atoms with Crippen molar-refractivity contribution in [2.24, 2.45) is 0 Å². The van der Waals surface area contributed by atoms with E-state index >= 15 is 0 Å². The summed E-state index contributed by atoms with van der Waals surface area (Å²) in [5, 5.41) is 5.65. The molecule has 0 aliphatic carbocycles. The van der Waals surface area contributed by atoms with Crippen LogP contribution in [0, 0.1) is 0 Å². The first kappa shape index (κ1) is 16.3. The molecule has 22 heavy (non-hydrogen) atoms. The number of anilines is 1. The fourth-order valence-electron chi connectivity index (χ4n) is 2.57. The Morgan fingerprint density at radius 2 is 2.27 bits per heavy atom. The second kappa shape index (κ2) is 7.79. The molecule has 1 fully saturated rings. The van der Waals surface area contributed by atoms with Crippen LogP contribution in [-0.4, -0.2) is 43.1 Å². The number of carbonyl (C=O) groups is 2. The Balaban J connectivity index is 1.81. The quantitative estimate of drug-likeness (QED) is 0.844. The van der Waals surface area contributed by atoms with E-state index < -0.39 is 0 Å². The number of hydrogen-bond donors (Lipinski definition) is 2. The monoisotopic (exact) mass is 305 g/mol. The number of benzene rings is 1. The third kappa shape index (κ3) is 4.73. The van der Waals surface area contributed by atoms with Crippen molar-refractivity contribution >= 4 is 17.6 Å². The molecule has 1 aliphatic rings. The van der Waals surface area contributed by atoms with E-state index in [0.29, 0.717) is 19.6 Å². The van der Waals surface area contributed by atoms with Gasteiger partial charge in [0.25, 0.3) is 0 Å². The SMILES string of the molecule is COCc1cccc(NC(=O)N[C@@H](C)CN2CCCC2=O)c1. The lowest BCUT2D eigenvalue weighted by Gasteiger charge is -2.21. The van der Waals surface area contributed by atoms with Crippen LogP contribution in [0.2, 0.25) is 0 Å². The smallest absolute Gasteiger partial charge is 0.319 e. The lowest BCUT2D eigenvalue weighted by molar-refractivity contribution is -0.127. The number of methoxy groups -OCH3 is 1. The van der Waals surface area contributed by atoms with Gasteiger partial charge in [-0.25, -0.2) is 4.79 Å². The van der Waals surface area contributed by atoms with Crippen molar-refractivity contribution in [3.05, 3.63) is 29.8 Å². The van der Waals surface area contributed by atoms with Gasteiger partial charge in [-0.1, -0.05) is 12.1 Å². The topological polar surface area (TPSA) is 70.7 Å². The van der Waals surface area contributed by atoms with Crippen LogP contribution < -0.4 is 10.6 Å². The minimum Gasteiger partial charge on any atom is -0.380 e. The summed E-state index contributed by atoms with van der Waals surface area (Å²) >= 11 is 0. The first-order chi connectivity index (χ1) is 10.6. The Hall–Kier alpha value is -2.08. The van der Waals surface area contributed by atoms with Crippen molar-refractivity contribution in [1.29, 1.82) is 0 Å². The van der Waals surface area contributed by atoms with Gasteiger partial charge >= 0.3 is 6.03 Å². The molecular formula is C16H23N3O3. The number of rotatable bonds is 6. The second-order valence-corrected chi connectivity index (χ2v) is 5.58. The van der Waals surface area contributed by atoms with Crippen LogP contribution in [-0.2, 0) is 16.1 Å². The van der Waals surface area contributed by atoms with Gasteiger partial charge in [0.15, 0.2) is 0 Å². The number of likely N-dealkylation sites (tertiary alicyclic amines) is 1. The maximum absolute atomic E-state index is 12.0. The van der Waals surface area contributed by atoms with E-state index in [0.717, 1.165) is 24.2 Å². The van der Waals surface area contributed by atoms with Gasteiger partial charge < -0.3 is 20.3 Å².